The van der Waals surface area contributed by atoms with E-state index in [-0.39, 0.29) is 24.2 Å². The molecule has 0 aliphatic heterocycles. The highest BCUT2D eigenvalue weighted by atomic mass is 16.4. The molecule has 118 valence electrons. The number of aliphatic carboxylic acids is 1. The van der Waals surface area contributed by atoms with Crippen LogP contribution >= 0.6 is 0 Å². The maximum absolute atomic E-state index is 12.0. The Labute approximate surface area is 133 Å². The average Bonchev–Trinajstić information content (AvgIpc) is 2.55. The molecule has 0 fully saturated rings. The van der Waals surface area contributed by atoms with Crippen molar-refractivity contribution in [2.45, 2.75) is 12.8 Å². The number of carbonyl (C=O) groups excluding carboxylic acids is 1. The number of nitrogens with one attached hydrogen (secondary N) is 1. The van der Waals surface area contributed by atoms with Gasteiger partial charge in [0.25, 0.3) is 5.91 Å². The Balaban J connectivity index is 2.18. The van der Waals surface area contributed by atoms with E-state index in [2.05, 4.69) is 10.5 Å². The van der Waals surface area contributed by atoms with E-state index < -0.39 is 11.9 Å². The number of amides is 1. The summed E-state index contributed by atoms with van der Waals surface area (Å²) in [6.45, 7) is 0. The standard InChI is InChI=1S/C17H16N2O4/c20-15-9-5-4-8-13(15)17(23)19-18-14(10-11-16(21)22)12-6-2-1-3-7-12/h1-9,20H,10-11H2,(H,19,23)(H,21,22). The predicted molar refractivity (Wildman–Crippen MR) is 85.4 cm³/mol. The lowest BCUT2D eigenvalue weighted by atomic mass is 10.1. The molecule has 3 N–H and O–H groups in total. The smallest absolute Gasteiger partial charge is 0.303 e. The first-order chi connectivity index (χ1) is 11.1. The van der Waals surface area contributed by atoms with Crippen molar-refractivity contribution in [3.63, 3.8) is 0 Å². The number of hydrogen-bond acceptors (Lipinski definition) is 4. The molecule has 6 nitrogen and oxygen atoms in total. The number of carboxylic acid groups (broad SMARTS) is 1. The second-order valence-electron chi connectivity index (χ2n) is 4.78. The molecule has 0 aromatic heterocycles. The lowest BCUT2D eigenvalue weighted by Crippen LogP contribution is -2.20. The van der Waals surface area contributed by atoms with Gasteiger partial charge < -0.3 is 10.2 Å². The zero-order valence-electron chi connectivity index (χ0n) is 12.3. The van der Waals surface area contributed by atoms with E-state index >= 15 is 0 Å². The number of nitrogens with zero attached hydrogens (tertiary/aromatic N) is 1. The maximum atomic E-state index is 12.0. The highest BCUT2D eigenvalue weighted by Gasteiger charge is 2.11. The van der Waals surface area contributed by atoms with E-state index in [4.69, 9.17) is 5.11 Å². The Morgan fingerprint density at radius 1 is 0.957 bits per heavy atom. The summed E-state index contributed by atoms with van der Waals surface area (Å²) < 4.78 is 0. The van der Waals surface area contributed by atoms with Gasteiger partial charge in [0.15, 0.2) is 0 Å². The van der Waals surface area contributed by atoms with E-state index in [9.17, 15) is 14.7 Å². The van der Waals surface area contributed by atoms with E-state index in [0.29, 0.717) is 5.71 Å². The maximum Gasteiger partial charge on any atom is 0.303 e. The van der Waals surface area contributed by atoms with Gasteiger partial charge in [-0.15, -0.1) is 0 Å². The van der Waals surface area contributed by atoms with Gasteiger partial charge in [-0.05, 0) is 17.7 Å². The van der Waals surface area contributed by atoms with Crippen LogP contribution in [0.1, 0.15) is 28.8 Å². The number of benzene rings is 2. The van der Waals surface area contributed by atoms with Crippen LogP contribution in [-0.4, -0.2) is 27.8 Å². The molecule has 2 aromatic rings. The largest absolute Gasteiger partial charge is 0.507 e. The Kier molecular flexibility index (Phi) is 5.46. The van der Waals surface area contributed by atoms with Gasteiger partial charge in [0.2, 0.25) is 0 Å². The Morgan fingerprint density at radius 2 is 1.61 bits per heavy atom. The van der Waals surface area contributed by atoms with Crippen LogP contribution in [0, 0.1) is 0 Å². The van der Waals surface area contributed by atoms with Crippen molar-refractivity contribution in [2.75, 3.05) is 0 Å². The molecule has 0 atom stereocenters. The Morgan fingerprint density at radius 3 is 2.26 bits per heavy atom. The van der Waals surface area contributed by atoms with Crippen LogP contribution in [-0.2, 0) is 4.79 Å². The highest BCUT2D eigenvalue weighted by molar-refractivity contribution is 6.03. The van der Waals surface area contributed by atoms with Crippen LogP contribution in [0.3, 0.4) is 0 Å². The fourth-order valence-electron chi connectivity index (χ4n) is 1.96. The molecule has 0 aliphatic carbocycles. The molecule has 2 aromatic carbocycles. The molecule has 6 heteroatoms. The van der Waals surface area contributed by atoms with Crippen LogP contribution in [0.2, 0.25) is 0 Å². The first kappa shape index (κ1) is 16.2. The molecule has 0 saturated heterocycles. The minimum absolute atomic E-state index is 0.0970. The summed E-state index contributed by atoms with van der Waals surface area (Å²) in [6, 6.07) is 15.1. The molecule has 0 heterocycles. The Bertz CT molecular complexity index is 726. The van der Waals surface area contributed by atoms with E-state index in [1.54, 1.807) is 36.4 Å². The van der Waals surface area contributed by atoms with Gasteiger partial charge in [-0.1, -0.05) is 42.5 Å². The normalized spacial score (nSPS) is 11.0. The summed E-state index contributed by atoms with van der Waals surface area (Å²) in [7, 11) is 0. The topological polar surface area (TPSA) is 99.0 Å². The summed E-state index contributed by atoms with van der Waals surface area (Å²) in [5.41, 5.74) is 3.64. The van der Waals surface area contributed by atoms with E-state index in [0.717, 1.165) is 5.56 Å². The van der Waals surface area contributed by atoms with Gasteiger partial charge >= 0.3 is 5.97 Å². The average molecular weight is 312 g/mol. The van der Waals surface area contributed by atoms with Crippen LogP contribution in [0.25, 0.3) is 0 Å². The minimum atomic E-state index is -0.944. The third-order valence-corrected chi connectivity index (χ3v) is 3.12. The van der Waals surface area contributed by atoms with Crippen molar-refractivity contribution in [2.24, 2.45) is 5.10 Å². The van der Waals surface area contributed by atoms with E-state index in [1.165, 1.54) is 12.1 Å². The van der Waals surface area contributed by atoms with Crippen LogP contribution in [0.5, 0.6) is 5.75 Å². The summed E-state index contributed by atoms with van der Waals surface area (Å²) in [5.74, 6) is -1.65. The van der Waals surface area contributed by atoms with Crippen molar-refractivity contribution in [3.05, 3.63) is 65.7 Å². The molecule has 0 bridgehead atoms. The summed E-state index contributed by atoms with van der Waals surface area (Å²) in [4.78, 5) is 22.8. The number of phenolic OH excluding ortho intramolecular Hbond substituents is 1. The van der Waals surface area contributed by atoms with Crippen LogP contribution < -0.4 is 5.43 Å². The molecule has 0 spiro atoms. The van der Waals surface area contributed by atoms with Gasteiger partial charge in [0, 0.05) is 6.42 Å². The zero-order valence-corrected chi connectivity index (χ0v) is 12.3. The summed E-state index contributed by atoms with van der Waals surface area (Å²) in [6.07, 6.45) is 0.0839. The molecular formula is C17H16N2O4. The van der Waals surface area contributed by atoms with Crippen molar-refractivity contribution in [3.8, 4) is 5.75 Å². The lowest BCUT2D eigenvalue weighted by Gasteiger charge is -2.07. The fourth-order valence-corrected chi connectivity index (χ4v) is 1.96. The fraction of sp³-hybridized carbons (Fsp3) is 0.118. The predicted octanol–water partition coefficient (Wildman–Crippen LogP) is 2.39. The van der Waals surface area contributed by atoms with Gasteiger partial charge in [-0.3, -0.25) is 9.59 Å². The second kappa shape index (κ2) is 7.74. The number of hydrogen-bond donors (Lipinski definition) is 3. The van der Waals surface area contributed by atoms with Gasteiger partial charge in [-0.25, -0.2) is 5.43 Å². The monoisotopic (exact) mass is 312 g/mol. The van der Waals surface area contributed by atoms with Gasteiger partial charge in [0.1, 0.15) is 5.75 Å². The summed E-state index contributed by atoms with van der Waals surface area (Å²) >= 11 is 0. The number of aromatic hydroxyl groups is 1. The number of carbonyl (C=O) groups is 2. The molecular weight excluding hydrogens is 296 g/mol. The van der Waals surface area contributed by atoms with Crippen molar-refractivity contribution >= 4 is 17.6 Å². The van der Waals surface area contributed by atoms with Crippen molar-refractivity contribution < 1.29 is 19.8 Å². The third-order valence-electron chi connectivity index (χ3n) is 3.12. The molecule has 0 aliphatic rings. The third kappa shape index (κ3) is 4.67. The lowest BCUT2D eigenvalue weighted by molar-refractivity contribution is -0.136. The van der Waals surface area contributed by atoms with Crippen molar-refractivity contribution in [1.82, 2.24) is 5.43 Å². The molecule has 23 heavy (non-hydrogen) atoms. The van der Waals surface area contributed by atoms with Gasteiger partial charge in [-0.2, -0.15) is 5.10 Å². The first-order valence-corrected chi connectivity index (χ1v) is 7.00. The van der Waals surface area contributed by atoms with Crippen LogP contribution in [0.15, 0.2) is 59.7 Å². The highest BCUT2D eigenvalue weighted by Crippen LogP contribution is 2.15. The van der Waals surface area contributed by atoms with Crippen molar-refractivity contribution in [1.29, 1.82) is 0 Å². The number of carboxylic acids is 1. The molecule has 0 saturated carbocycles. The van der Waals surface area contributed by atoms with E-state index in [1.807, 2.05) is 6.07 Å². The second-order valence-corrected chi connectivity index (χ2v) is 4.78. The Hall–Kier alpha value is -3.15. The quantitative estimate of drug-likeness (QED) is 0.563. The van der Waals surface area contributed by atoms with Crippen LogP contribution in [0.4, 0.5) is 0 Å². The molecule has 0 radical (unpaired) electrons. The number of hydrazone groups is 1. The molecule has 0 unspecified atom stereocenters. The number of para-hydroxylation sites is 1. The van der Waals surface area contributed by atoms with Gasteiger partial charge in [0.05, 0.1) is 17.7 Å². The molecule has 1 amide bonds. The number of rotatable bonds is 6. The molecule has 2 rings (SSSR count). The summed E-state index contributed by atoms with van der Waals surface area (Å²) in [5, 5.41) is 22.5. The number of phenols is 1. The zero-order chi connectivity index (χ0) is 16.7. The minimum Gasteiger partial charge on any atom is -0.507 e. The SMILES string of the molecule is O=C(O)CCC(=NNC(=O)c1ccccc1O)c1ccccc1. The first-order valence-electron chi connectivity index (χ1n) is 7.00.